The molecule has 2 aromatic rings. The molecule has 1 fully saturated rings. The Morgan fingerprint density at radius 3 is 2.83 bits per heavy atom. The van der Waals surface area contributed by atoms with E-state index >= 15 is 0 Å². The number of primary amides is 1. The minimum Gasteiger partial charge on any atom is -0.364 e. The van der Waals surface area contributed by atoms with Crippen LogP contribution in [0.2, 0.25) is 0 Å². The Hall–Kier alpha value is -2.70. The van der Waals surface area contributed by atoms with Crippen molar-refractivity contribution in [1.82, 2.24) is 15.1 Å². The Bertz CT molecular complexity index is 759. The number of aromatic nitrogens is 2. The number of piperidine rings is 1. The van der Waals surface area contributed by atoms with Crippen LogP contribution in [-0.2, 0) is 11.2 Å². The molecule has 0 bridgehead atoms. The number of hydrogen-bond donors (Lipinski definition) is 2. The summed E-state index contributed by atoms with van der Waals surface area (Å²) in [6, 6.07) is 7.68. The zero-order valence-corrected chi connectivity index (χ0v) is 13.2. The fraction of sp³-hybridized carbons (Fsp3) is 0.353. The molecule has 1 aromatic carbocycles. The number of carbonyl (C=O) groups is 2. The van der Waals surface area contributed by atoms with Gasteiger partial charge in [0.05, 0.1) is 18.2 Å². The number of carbonyl (C=O) groups excluding carboxylic acids is 2. The summed E-state index contributed by atoms with van der Waals surface area (Å²) in [5.74, 6) is -1.13. The van der Waals surface area contributed by atoms with E-state index in [0.29, 0.717) is 17.8 Å². The van der Waals surface area contributed by atoms with Crippen LogP contribution in [0.3, 0.4) is 0 Å². The van der Waals surface area contributed by atoms with Gasteiger partial charge in [0.15, 0.2) is 0 Å². The first kappa shape index (κ1) is 16.2. The molecule has 0 radical (unpaired) electrons. The average Bonchev–Trinajstić information content (AvgIpc) is 3.07. The van der Waals surface area contributed by atoms with Gasteiger partial charge in [-0.2, -0.15) is 5.10 Å². The van der Waals surface area contributed by atoms with Gasteiger partial charge in [-0.15, -0.1) is 0 Å². The molecular weight excluding hydrogens is 311 g/mol. The van der Waals surface area contributed by atoms with Gasteiger partial charge in [-0.25, -0.2) is 4.39 Å². The van der Waals surface area contributed by atoms with E-state index in [1.54, 1.807) is 29.2 Å². The van der Waals surface area contributed by atoms with Crippen LogP contribution in [-0.4, -0.2) is 33.5 Å². The molecule has 1 aromatic heterocycles. The molecule has 126 valence electrons. The highest BCUT2D eigenvalue weighted by Gasteiger charge is 2.30. The number of hydrogen-bond acceptors (Lipinski definition) is 3. The highest BCUT2D eigenvalue weighted by Crippen LogP contribution is 2.30. The number of H-pyrrole nitrogens is 1. The number of nitrogens with one attached hydrogen (secondary N) is 1. The van der Waals surface area contributed by atoms with Crippen LogP contribution in [0.5, 0.6) is 0 Å². The number of likely N-dealkylation sites (tertiary alicyclic amines) is 1. The van der Waals surface area contributed by atoms with Crippen molar-refractivity contribution < 1.29 is 14.0 Å². The lowest BCUT2D eigenvalue weighted by Gasteiger charge is -2.35. The Kier molecular flexibility index (Phi) is 4.59. The average molecular weight is 330 g/mol. The van der Waals surface area contributed by atoms with Crippen molar-refractivity contribution in [2.45, 2.75) is 31.7 Å². The van der Waals surface area contributed by atoms with Gasteiger partial charge in [0.25, 0.3) is 5.91 Å². The third kappa shape index (κ3) is 3.29. The molecule has 6 nitrogen and oxygen atoms in total. The molecule has 3 rings (SSSR count). The summed E-state index contributed by atoms with van der Waals surface area (Å²) in [5.41, 5.74) is 6.45. The summed E-state index contributed by atoms with van der Waals surface area (Å²) in [6.07, 6.45) is 2.65. The third-order valence-electron chi connectivity index (χ3n) is 4.33. The molecule has 0 aliphatic carbocycles. The number of halogens is 1. The Morgan fingerprint density at radius 1 is 1.33 bits per heavy atom. The molecule has 0 saturated carbocycles. The first-order valence-electron chi connectivity index (χ1n) is 7.94. The van der Waals surface area contributed by atoms with Crippen LogP contribution in [0.4, 0.5) is 4.39 Å². The minimum absolute atomic E-state index is 0.0139. The highest BCUT2D eigenvalue weighted by atomic mass is 19.1. The maximum Gasteiger partial charge on any atom is 0.269 e. The third-order valence-corrected chi connectivity index (χ3v) is 4.33. The van der Waals surface area contributed by atoms with Crippen molar-refractivity contribution in [3.63, 3.8) is 0 Å². The summed E-state index contributed by atoms with van der Waals surface area (Å²) < 4.78 is 13.8. The summed E-state index contributed by atoms with van der Waals surface area (Å²) in [5, 5.41) is 6.68. The zero-order valence-electron chi connectivity index (χ0n) is 13.2. The number of nitrogens with zero attached hydrogens (tertiary/aromatic N) is 2. The number of aromatic amines is 1. The Morgan fingerprint density at radius 2 is 2.12 bits per heavy atom. The highest BCUT2D eigenvalue weighted by molar-refractivity contribution is 5.90. The smallest absolute Gasteiger partial charge is 0.269 e. The second-order valence-electron chi connectivity index (χ2n) is 5.94. The number of benzene rings is 1. The van der Waals surface area contributed by atoms with E-state index in [1.807, 2.05) is 0 Å². The van der Waals surface area contributed by atoms with E-state index in [1.165, 1.54) is 6.07 Å². The second kappa shape index (κ2) is 6.82. The SMILES string of the molecule is NC(=O)c1cc(C2CCCCN2C(=O)Cc2ccccc2F)[nH]n1. The monoisotopic (exact) mass is 330 g/mol. The minimum atomic E-state index is -0.613. The standard InChI is InChI=1S/C17H19FN4O2/c18-12-6-2-1-5-11(12)9-16(23)22-8-4-3-7-15(22)13-10-14(17(19)24)21-20-13/h1-2,5-6,10,15H,3-4,7-9H2,(H2,19,24)(H,20,21). The van der Waals surface area contributed by atoms with Gasteiger partial charge in [0.1, 0.15) is 11.5 Å². The van der Waals surface area contributed by atoms with Crippen LogP contribution >= 0.6 is 0 Å². The van der Waals surface area contributed by atoms with Crippen LogP contribution in [0.15, 0.2) is 30.3 Å². The second-order valence-corrected chi connectivity index (χ2v) is 5.94. The normalized spacial score (nSPS) is 17.7. The molecule has 1 aliphatic rings. The van der Waals surface area contributed by atoms with Gasteiger partial charge in [-0.05, 0) is 37.0 Å². The molecule has 1 atom stereocenters. The number of amides is 2. The molecule has 3 N–H and O–H groups in total. The van der Waals surface area contributed by atoms with Crippen LogP contribution in [0.1, 0.15) is 47.1 Å². The van der Waals surface area contributed by atoms with Gasteiger partial charge < -0.3 is 10.6 Å². The Balaban J connectivity index is 1.79. The molecule has 2 amide bonds. The van der Waals surface area contributed by atoms with E-state index in [0.717, 1.165) is 19.3 Å². The van der Waals surface area contributed by atoms with Crippen molar-refractivity contribution in [1.29, 1.82) is 0 Å². The molecule has 7 heteroatoms. The molecular formula is C17H19FN4O2. The van der Waals surface area contributed by atoms with E-state index in [9.17, 15) is 14.0 Å². The summed E-state index contributed by atoms with van der Waals surface area (Å²) >= 11 is 0. The van der Waals surface area contributed by atoms with Gasteiger partial charge in [0.2, 0.25) is 5.91 Å². The van der Waals surface area contributed by atoms with Gasteiger partial charge in [-0.1, -0.05) is 18.2 Å². The largest absolute Gasteiger partial charge is 0.364 e. The predicted molar refractivity (Wildman–Crippen MR) is 85.5 cm³/mol. The van der Waals surface area contributed by atoms with Crippen molar-refractivity contribution >= 4 is 11.8 Å². The molecule has 24 heavy (non-hydrogen) atoms. The van der Waals surface area contributed by atoms with Crippen molar-refractivity contribution in [2.24, 2.45) is 5.73 Å². The maximum atomic E-state index is 13.8. The fourth-order valence-electron chi connectivity index (χ4n) is 3.09. The maximum absolute atomic E-state index is 13.8. The fourth-order valence-corrected chi connectivity index (χ4v) is 3.09. The Labute approximate surface area is 138 Å². The van der Waals surface area contributed by atoms with E-state index < -0.39 is 5.91 Å². The quantitative estimate of drug-likeness (QED) is 0.897. The molecule has 1 aliphatic heterocycles. The molecule has 0 spiro atoms. The zero-order chi connectivity index (χ0) is 17.1. The van der Waals surface area contributed by atoms with Crippen LogP contribution in [0, 0.1) is 5.82 Å². The first-order chi connectivity index (χ1) is 11.6. The van der Waals surface area contributed by atoms with Crippen LogP contribution < -0.4 is 5.73 Å². The summed E-state index contributed by atoms with van der Waals surface area (Å²) in [6.45, 7) is 0.600. The lowest BCUT2D eigenvalue weighted by molar-refractivity contribution is -0.134. The van der Waals surface area contributed by atoms with Crippen molar-refractivity contribution in [2.75, 3.05) is 6.54 Å². The van der Waals surface area contributed by atoms with E-state index in [2.05, 4.69) is 10.2 Å². The van der Waals surface area contributed by atoms with Crippen LogP contribution in [0.25, 0.3) is 0 Å². The van der Waals surface area contributed by atoms with E-state index in [-0.39, 0.29) is 29.9 Å². The lowest BCUT2D eigenvalue weighted by atomic mass is 9.98. The number of rotatable bonds is 4. The van der Waals surface area contributed by atoms with Gasteiger partial charge in [0, 0.05) is 6.54 Å². The van der Waals surface area contributed by atoms with Crippen molar-refractivity contribution in [3.05, 3.63) is 53.1 Å². The molecule has 1 saturated heterocycles. The van der Waals surface area contributed by atoms with Gasteiger partial charge in [-0.3, -0.25) is 14.7 Å². The summed E-state index contributed by atoms with van der Waals surface area (Å²) in [7, 11) is 0. The first-order valence-corrected chi connectivity index (χ1v) is 7.94. The molecule has 1 unspecified atom stereocenters. The molecule has 2 heterocycles. The topological polar surface area (TPSA) is 92.1 Å². The predicted octanol–water partition coefficient (Wildman–Crippen LogP) is 1.94. The van der Waals surface area contributed by atoms with Crippen molar-refractivity contribution in [3.8, 4) is 0 Å². The summed E-state index contributed by atoms with van der Waals surface area (Å²) in [4.78, 5) is 25.6. The van der Waals surface area contributed by atoms with Gasteiger partial charge >= 0.3 is 0 Å². The van der Waals surface area contributed by atoms with E-state index in [4.69, 9.17) is 5.73 Å². The number of nitrogens with two attached hydrogens (primary N) is 1. The lowest BCUT2D eigenvalue weighted by Crippen LogP contribution is -2.39.